The van der Waals surface area contributed by atoms with E-state index in [9.17, 15) is 18.4 Å². The zero-order chi connectivity index (χ0) is 26.9. The summed E-state index contributed by atoms with van der Waals surface area (Å²) in [5, 5.41) is 5.23. The van der Waals surface area contributed by atoms with E-state index in [-0.39, 0.29) is 44.9 Å². The first-order valence-corrected chi connectivity index (χ1v) is 12.2. The average Bonchev–Trinajstić information content (AvgIpc) is 2.85. The Bertz CT molecular complexity index is 1280. The van der Waals surface area contributed by atoms with Gasteiger partial charge in [-0.1, -0.05) is 29.3 Å². The van der Waals surface area contributed by atoms with E-state index in [4.69, 9.17) is 34.7 Å². The number of nitrogens with one attached hydrogen (secondary N) is 3. The molecular formula is C24H27Cl2F2N7O2. The molecule has 13 heteroatoms. The molecule has 2 amide bonds. The van der Waals surface area contributed by atoms with Crippen LogP contribution in [-0.4, -0.2) is 47.1 Å². The molecule has 1 heterocycles. The lowest BCUT2D eigenvalue weighted by molar-refractivity contribution is 0.254. The number of carbonyl (C=O) groups is 1. The lowest BCUT2D eigenvalue weighted by atomic mass is 10.0. The van der Waals surface area contributed by atoms with Crippen LogP contribution in [0.1, 0.15) is 18.4 Å². The molecule has 0 saturated carbocycles. The minimum absolute atomic E-state index is 0.00433. The van der Waals surface area contributed by atoms with E-state index in [0.29, 0.717) is 39.0 Å². The molecule has 0 unspecified atom stereocenters. The Kier molecular flexibility index (Phi) is 10.4. The summed E-state index contributed by atoms with van der Waals surface area (Å²) in [6.45, 7) is 2.11. The number of nitrogens with two attached hydrogens (primary N) is 2. The number of urea groups is 1. The number of anilines is 2. The van der Waals surface area contributed by atoms with Gasteiger partial charge in [0.25, 0.3) is 5.56 Å². The van der Waals surface area contributed by atoms with Crippen LogP contribution in [0.25, 0.3) is 11.1 Å². The standard InChI is InChI=1S/C24H27Cl2F2N7O2/c25-17-4-1-5-20(21(17)26)32-24(37)34-23-31-12-15(22(36)33-23)14-10-18(27)16(19(28)11-14)13-35(8-2-6-29)9-3-7-30/h1,4-5,10-12H,2-3,6-9,13,29-30H2,(H3,31,32,33,34,36,37). The molecule has 3 rings (SSSR count). The predicted molar refractivity (Wildman–Crippen MR) is 142 cm³/mol. The van der Waals surface area contributed by atoms with Crippen LogP contribution in [0, 0.1) is 11.6 Å². The molecule has 0 aliphatic carbocycles. The largest absolute Gasteiger partial charge is 0.330 e. The number of carbonyl (C=O) groups excluding carboxylic acids is 1. The van der Waals surface area contributed by atoms with Gasteiger partial charge in [-0.15, -0.1) is 0 Å². The van der Waals surface area contributed by atoms with Gasteiger partial charge < -0.3 is 16.8 Å². The maximum Gasteiger partial charge on any atom is 0.326 e. The van der Waals surface area contributed by atoms with Gasteiger partial charge >= 0.3 is 6.03 Å². The molecule has 3 aromatic rings. The third kappa shape index (κ3) is 7.70. The zero-order valence-corrected chi connectivity index (χ0v) is 21.3. The maximum atomic E-state index is 14.9. The Morgan fingerprint density at radius 3 is 2.30 bits per heavy atom. The monoisotopic (exact) mass is 553 g/mol. The summed E-state index contributed by atoms with van der Waals surface area (Å²) in [4.78, 5) is 33.1. The van der Waals surface area contributed by atoms with Crippen LogP contribution >= 0.6 is 23.2 Å². The van der Waals surface area contributed by atoms with Crippen LogP contribution in [0.2, 0.25) is 10.0 Å². The molecule has 0 atom stereocenters. The van der Waals surface area contributed by atoms with Crippen molar-refractivity contribution in [3.05, 3.63) is 74.1 Å². The molecule has 9 nitrogen and oxygen atoms in total. The van der Waals surface area contributed by atoms with E-state index in [1.54, 1.807) is 12.1 Å². The molecule has 1 aromatic heterocycles. The molecule has 0 radical (unpaired) electrons. The summed E-state index contributed by atoms with van der Waals surface area (Å²) in [6.07, 6.45) is 2.47. The van der Waals surface area contributed by atoms with Gasteiger partial charge in [0.2, 0.25) is 5.95 Å². The molecule has 37 heavy (non-hydrogen) atoms. The van der Waals surface area contributed by atoms with Crippen molar-refractivity contribution in [2.24, 2.45) is 11.5 Å². The van der Waals surface area contributed by atoms with E-state index >= 15 is 0 Å². The lowest BCUT2D eigenvalue weighted by Crippen LogP contribution is -2.29. The van der Waals surface area contributed by atoms with E-state index in [2.05, 4.69) is 20.6 Å². The molecule has 0 aliphatic heterocycles. The summed E-state index contributed by atoms with van der Waals surface area (Å²) in [5.41, 5.74) is 10.5. The van der Waals surface area contributed by atoms with E-state index < -0.39 is 23.2 Å². The molecule has 0 bridgehead atoms. The summed E-state index contributed by atoms with van der Waals surface area (Å²) >= 11 is 12.0. The molecule has 0 saturated heterocycles. The van der Waals surface area contributed by atoms with Gasteiger partial charge in [-0.3, -0.25) is 20.0 Å². The zero-order valence-electron chi connectivity index (χ0n) is 19.8. The second-order valence-corrected chi connectivity index (χ2v) is 8.92. The highest BCUT2D eigenvalue weighted by atomic mass is 35.5. The third-order valence-corrected chi connectivity index (χ3v) is 6.24. The highest BCUT2D eigenvalue weighted by Crippen LogP contribution is 2.29. The average molecular weight is 554 g/mol. The Labute approximate surface area is 222 Å². The Balaban J connectivity index is 1.75. The number of rotatable bonds is 11. The van der Waals surface area contributed by atoms with Gasteiger partial charge in [-0.05, 0) is 68.8 Å². The molecule has 0 fully saturated rings. The van der Waals surface area contributed by atoms with Crippen molar-refractivity contribution in [3.63, 3.8) is 0 Å². The van der Waals surface area contributed by atoms with E-state index in [1.165, 1.54) is 6.07 Å². The number of nitrogens with zero attached hydrogens (tertiary/aromatic N) is 2. The van der Waals surface area contributed by atoms with Gasteiger partial charge in [-0.2, -0.15) is 0 Å². The van der Waals surface area contributed by atoms with Crippen LogP contribution in [-0.2, 0) is 6.54 Å². The molecule has 0 aliphatic rings. The van der Waals surface area contributed by atoms with Crippen molar-refractivity contribution in [2.45, 2.75) is 19.4 Å². The number of hydrogen-bond acceptors (Lipinski definition) is 6. The molecule has 0 spiro atoms. The van der Waals surface area contributed by atoms with E-state index in [1.807, 2.05) is 4.90 Å². The van der Waals surface area contributed by atoms with Crippen molar-refractivity contribution >= 4 is 40.9 Å². The predicted octanol–water partition coefficient (Wildman–Crippen LogP) is 4.17. The smallest absolute Gasteiger partial charge is 0.326 e. The first kappa shape index (κ1) is 28.5. The minimum Gasteiger partial charge on any atom is -0.330 e. The number of halogens is 4. The van der Waals surface area contributed by atoms with Gasteiger partial charge in [0, 0.05) is 18.3 Å². The summed E-state index contributed by atoms with van der Waals surface area (Å²) < 4.78 is 29.8. The van der Waals surface area contributed by atoms with Gasteiger partial charge in [0.05, 0.1) is 21.3 Å². The van der Waals surface area contributed by atoms with Crippen molar-refractivity contribution in [3.8, 4) is 11.1 Å². The second kappa shape index (κ2) is 13.5. The Morgan fingerprint density at radius 2 is 1.70 bits per heavy atom. The van der Waals surface area contributed by atoms with Crippen molar-refractivity contribution < 1.29 is 13.6 Å². The Morgan fingerprint density at radius 1 is 1.05 bits per heavy atom. The maximum absolute atomic E-state index is 14.9. The van der Waals surface area contributed by atoms with Crippen LogP contribution in [0.3, 0.4) is 0 Å². The fourth-order valence-electron chi connectivity index (χ4n) is 3.56. The summed E-state index contributed by atoms with van der Waals surface area (Å²) in [6, 6.07) is 6.11. The fourth-order valence-corrected chi connectivity index (χ4v) is 3.91. The fraction of sp³-hybridized carbons (Fsp3) is 0.292. The molecule has 7 N–H and O–H groups in total. The third-order valence-electron chi connectivity index (χ3n) is 5.42. The number of H-pyrrole nitrogens is 1. The number of benzene rings is 2. The van der Waals surface area contributed by atoms with Crippen molar-refractivity contribution in [2.75, 3.05) is 36.8 Å². The second-order valence-electron chi connectivity index (χ2n) is 8.13. The normalized spacial score (nSPS) is 11.1. The Hall–Kier alpha value is -3.09. The number of aromatic amines is 1. The lowest BCUT2D eigenvalue weighted by Gasteiger charge is -2.22. The highest BCUT2D eigenvalue weighted by Gasteiger charge is 2.18. The number of hydrogen-bond donors (Lipinski definition) is 5. The number of amides is 2. The minimum atomic E-state index is -0.792. The van der Waals surface area contributed by atoms with Crippen LogP contribution in [0.15, 0.2) is 41.3 Å². The van der Waals surface area contributed by atoms with Crippen molar-refractivity contribution in [1.29, 1.82) is 0 Å². The first-order chi connectivity index (χ1) is 17.7. The summed E-state index contributed by atoms with van der Waals surface area (Å²) in [5.74, 6) is -1.77. The van der Waals surface area contributed by atoms with Gasteiger partial charge in [-0.25, -0.2) is 18.6 Å². The van der Waals surface area contributed by atoms with Crippen molar-refractivity contribution in [1.82, 2.24) is 14.9 Å². The SMILES string of the molecule is NCCCN(CCCN)Cc1c(F)cc(-c2cnc(NC(=O)Nc3cccc(Cl)c3Cl)[nH]c2=O)cc1F. The van der Waals surface area contributed by atoms with Gasteiger partial charge in [0.1, 0.15) is 11.6 Å². The van der Waals surface area contributed by atoms with Crippen LogP contribution < -0.4 is 27.7 Å². The highest BCUT2D eigenvalue weighted by molar-refractivity contribution is 6.44. The van der Waals surface area contributed by atoms with Gasteiger partial charge in [0.15, 0.2) is 0 Å². The molecule has 198 valence electrons. The van der Waals surface area contributed by atoms with Crippen LogP contribution in [0.5, 0.6) is 0 Å². The van der Waals surface area contributed by atoms with Crippen LogP contribution in [0.4, 0.5) is 25.2 Å². The molecular weight excluding hydrogens is 527 g/mol. The van der Waals surface area contributed by atoms with E-state index in [0.717, 1.165) is 18.3 Å². The number of aromatic nitrogens is 2. The topological polar surface area (TPSA) is 142 Å². The first-order valence-electron chi connectivity index (χ1n) is 11.5. The molecule has 2 aromatic carbocycles. The quantitative estimate of drug-likeness (QED) is 0.241. The summed E-state index contributed by atoms with van der Waals surface area (Å²) in [7, 11) is 0.